The minimum Gasteiger partial charge on any atom is -0.481 e. The molecule has 0 aromatic carbocycles. The first-order chi connectivity index (χ1) is 8.15. The summed E-state index contributed by atoms with van der Waals surface area (Å²) in [6.07, 6.45) is 2.38. The van der Waals surface area contributed by atoms with Crippen LogP contribution in [0.1, 0.15) is 19.8 Å². The second-order valence-corrected chi connectivity index (χ2v) is 6.38. The van der Waals surface area contributed by atoms with E-state index in [-0.39, 0.29) is 5.75 Å². The van der Waals surface area contributed by atoms with Crippen molar-refractivity contribution in [3.05, 3.63) is 0 Å². The molecule has 1 N–H and O–H groups in total. The molecule has 0 spiro atoms. The van der Waals surface area contributed by atoms with Gasteiger partial charge in [0.1, 0.15) is 0 Å². The molecule has 1 saturated heterocycles. The molecule has 0 atom stereocenters. The van der Waals surface area contributed by atoms with Crippen LogP contribution in [0.15, 0.2) is 4.34 Å². The smallest absolute Gasteiger partial charge is 0.313 e. The summed E-state index contributed by atoms with van der Waals surface area (Å²) in [6, 6.07) is 0. The number of aromatic nitrogens is 2. The summed E-state index contributed by atoms with van der Waals surface area (Å²) in [5, 5.41) is 17.6. The van der Waals surface area contributed by atoms with E-state index < -0.39 is 5.97 Å². The van der Waals surface area contributed by atoms with Crippen LogP contribution < -0.4 is 4.90 Å². The number of hydrogen-bond donors (Lipinski definition) is 1. The molecule has 94 valence electrons. The molecule has 1 aromatic heterocycles. The fourth-order valence-electron chi connectivity index (χ4n) is 1.71. The molecule has 17 heavy (non-hydrogen) atoms. The Bertz CT molecular complexity index is 389. The number of piperidine rings is 1. The number of carboxylic acid groups (broad SMARTS) is 1. The van der Waals surface area contributed by atoms with E-state index in [1.807, 2.05) is 0 Å². The van der Waals surface area contributed by atoms with Gasteiger partial charge in [0.2, 0.25) is 5.13 Å². The highest BCUT2D eigenvalue weighted by Gasteiger charge is 2.19. The molecule has 1 fully saturated rings. The number of carboxylic acids is 1. The van der Waals surface area contributed by atoms with E-state index in [0.717, 1.165) is 28.5 Å². The highest BCUT2D eigenvalue weighted by Crippen LogP contribution is 2.30. The minimum absolute atomic E-state index is 0.0473. The molecule has 1 aliphatic rings. The highest BCUT2D eigenvalue weighted by atomic mass is 32.2. The van der Waals surface area contributed by atoms with Gasteiger partial charge in [-0.05, 0) is 18.8 Å². The van der Waals surface area contributed by atoms with Gasteiger partial charge in [-0.3, -0.25) is 4.79 Å². The molecule has 0 radical (unpaired) electrons. The highest BCUT2D eigenvalue weighted by molar-refractivity contribution is 8.01. The van der Waals surface area contributed by atoms with Crippen molar-refractivity contribution in [3.63, 3.8) is 0 Å². The zero-order valence-electron chi connectivity index (χ0n) is 9.63. The van der Waals surface area contributed by atoms with E-state index in [9.17, 15) is 4.79 Å². The Morgan fingerprint density at radius 3 is 2.88 bits per heavy atom. The third-order valence-electron chi connectivity index (χ3n) is 2.77. The Kier molecular flexibility index (Phi) is 4.22. The summed E-state index contributed by atoms with van der Waals surface area (Å²) in [7, 11) is 0. The van der Waals surface area contributed by atoms with Crippen LogP contribution in [0, 0.1) is 5.92 Å². The van der Waals surface area contributed by atoms with E-state index in [1.165, 1.54) is 35.9 Å². The number of anilines is 1. The Morgan fingerprint density at radius 2 is 2.24 bits per heavy atom. The lowest BCUT2D eigenvalue weighted by Gasteiger charge is -2.29. The number of rotatable bonds is 4. The van der Waals surface area contributed by atoms with E-state index >= 15 is 0 Å². The summed E-state index contributed by atoms with van der Waals surface area (Å²) < 4.78 is 0.737. The lowest BCUT2D eigenvalue weighted by Crippen LogP contribution is -2.32. The number of thioether (sulfide) groups is 1. The van der Waals surface area contributed by atoms with Crippen LogP contribution in [0.2, 0.25) is 0 Å². The van der Waals surface area contributed by atoms with Crippen LogP contribution in [0.25, 0.3) is 0 Å². The van der Waals surface area contributed by atoms with Gasteiger partial charge in [-0.15, -0.1) is 10.2 Å². The molecule has 5 nitrogen and oxygen atoms in total. The molecule has 1 aromatic rings. The van der Waals surface area contributed by atoms with E-state index in [1.54, 1.807) is 0 Å². The number of hydrogen-bond acceptors (Lipinski definition) is 6. The molecule has 2 heterocycles. The molecule has 0 bridgehead atoms. The van der Waals surface area contributed by atoms with Gasteiger partial charge in [-0.2, -0.15) is 0 Å². The van der Waals surface area contributed by atoms with Gasteiger partial charge in [0, 0.05) is 13.1 Å². The molecule has 2 rings (SSSR count). The maximum absolute atomic E-state index is 10.4. The van der Waals surface area contributed by atoms with Gasteiger partial charge in [-0.25, -0.2) is 0 Å². The molecule has 0 saturated carbocycles. The fourth-order valence-corrected chi connectivity index (χ4v) is 3.32. The molecule has 7 heteroatoms. The lowest BCUT2D eigenvalue weighted by atomic mass is 10.00. The van der Waals surface area contributed by atoms with Crippen molar-refractivity contribution < 1.29 is 9.90 Å². The topological polar surface area (TPSA) is 66.3 Å². The van der Waals surface area contributed by atoms with Crippen molar-refractivity contribution in [2.24, 2.45) is 5.92 Å². The second-order valence-electron chi connectivity index (χ2n) is 4.20. The lowest BCUT2D eigenvalue weighted by molar-refractivity contribution is -0.133. The summed E-state index contributed by atoms with van der Waals surface area (Å²) >= 11 is 2.72. The first-order valence-corrected chi connectivity index (χ1v) is 7.38. The molecular formula is C10H15N3O2S2. The van der Waals surface area contributed by atoms with Crippen molar-refractivity contribution in [1.29, 1.82) is 0 Å². The predicted molar refractivity (Wildman–Crippen MR) is 68.9 cm³/mol. The molecular weight excluding hydrogens is 258 g/mol. The van der Waals surface area contributed by atoms with Crippen LogP contribution in [-0.2, 0) is 4.79 Å². The van der Waals surface area contributed by atoms with Crippen molar-refractivity contribution >= 4 is 34.2 Å². The van der Waals surface area contributed by atoms with Gasteiger partial charge in [0.15, 0.2) is 4.34 Å². The van der Waals surface area contributed by atoms with Crippen LogP contribution in [0.5, 0.6) is 0 Å². The van der Waals surface area contributed by atoms with Crippen LogP contribution >= 0.6 is 23.1 Å². The number of nitrogens with zero attached hydrogens (tertiary/aromatic N) is 3. The van der Waals surface area contributed by atoms with E-state index in [4.69, 9.17) is 5.11 Å². The van der Waals surface area contributed by atoms with Crippen molar-refractivity contribution in [2.45, 2.75) is 24.1 Å². The maximum Gasteiger partial charge on any atom is 0.313 e. The quantitative estimate of drug-likeness (QED) is 0.846. The third-order valence-corrected chi connectivity index (χ3v) is 4.87. The average molecular weight is 273 g/mol. The zero-order chi connectivity index (χ0) is 12.3. The Hall–Kier alpha value is -0.820. The summed E-state index contributed by atoms with van der Waals surface area (Å²) in [6.45, 7) is 4.32. The predicted octanol–water partition coefficient (Wildman–Crippen LogP) is 1.95. The third kappa shape index (κ3) is 3.57. The van der Waals surface area contributed by atoms with Gasteiger partial charge in [0.25, 0.3) is 0 Å². The van der Waals surface area contributed by atoms with Crippen LogP contribution in [-0.4, -0.2) is 40.1 Å². The standard InChI is InChI=1S/C10H15N3O2S2/c1-7-2-4-13(5-3-7)9-11-12-10(17-9)16-6-8(14)15/h7H,2-6H2,1H3,(H,14,15). The fraction of sp³-hybridized carbons (Fsp3) is 0.700. The Balaban J connectivity index is 1.91. The van der Waals surface area contributed by atoms with Crippen molar-refractivity contribution in [2.75, 3.05) is 23.7 Å². The summed E-state index contributed by atoms with van der Waals surface area (Å²) in [5.74, 6) is 0.0182. The monoisotopic (exact) mass is 273 g/mol. The van der Waals surface area contributed by atoms with Gasteiger partial charge in [-0.1, -0.05) is 30.0 Å². The Labute approximate surface area is 108 Å². The molecule has 1 aliphatic heterocycles. The molecule has 0 unspecified atom stereocenters. The molecule has 0 aliphatic carbocycles. The first kappa shape index (κ1) is 12.6. The minimum atomic E-state index is -0.821. The van der Waals surface area contributed by atoms with Gasteiger partial charge >= 0.3 is 5.97 Å². The van der Waals surface area contributed by atoms with Crippen LogP contribution in [0.4, 0.5) is 5.13 Å². The Morgan fingerprint density at radius 1 is 1.53 bits per heavy atom. The van der Waals surface area contributed by atoms with Crippen molar-refractivity contribution in [3.8, 4) is 0 Å². The van der Waals surface area contributed by atoms with Crippen molar-refractivity contribution in [1.82, 2.24) is 10.2 Å². The SMILES string of the molecule is CC1CCN(c2nnc(SCC(=O)O)s2)CC1. The zero-order valence-corrected chi connectivity index (χ0v) is 11.3. The average Bonchev–Trinajstić information content (AvgIpc) is 2.76. The normalized spacial score (nSPS) is 17.4. The van der Waals surface area contributed by atoms with Crippen LogP contribution in [0.3, 0.4) is 0 Å². The number of aliphatic carboxylic acids is 1. The summed E-state index contributed by atoms with van der Waals surface area (Å²) in [5.41, 5.74) is 0. The van der Waals surface area contributed by atoms with E-state index in [0.29, 0.717) is 0 Å². The van der Waals surface area contributed by atoms with E-state index in [2.05, 4.69) is 22.0 Å². The maximum atomic E-state index is 10.4. The van der Waals surface area contributed by atoms with Gasteiger partial charge in [0.05, 0.1) is 5.75 Å². The first-order valence-electron chi connectivity index (χ1n) is 5.58. The number of carbonyl (C=O) groups is 1. The van der Waals surface area contributed by atoms with Gasteiger partial charge < -0.3 is 10.0 Å². The molecule has 0 amide bonds. The largest absolute Gasteiger partial charge is 0.481 e. The summed E-state index contributed by atoms with van der Waals surface area (Å²) in [4.78, 5) is 12.7. The second kappa shape index (κ2) is 5.68.